The minimum absolute atomic E-state index is 0.123. The zero-order valence-electron chi connectivity index (χ0n) is 14.3. The number of carbonyl (C=O) groups excluding carboxylic acids is 2. The van der Waals surface area contributed by atoms with Gasteiger partial charge >= 0.3 is 0 Å². The molecule has 0 aromatic heterocycles. The van der Waals surface area contributed by atoms with E-state index in [-0.39, 0.29) is 17.7 Å². The van der Waals surface area contributed by atoms with E-state index in [2.05, 4.69) is 24.1 Å². The van der Waals surface area contributed by atoms with Crippen LogP contribution in [-0.2, 0) is 9.59 Å². The molecule has 0 unspecified atom stereocenters. The molecule has 0 bridgehead atoms. The van der Waals surface area contributed by atoms with E-state index in [1.165, 1.54) is 6.42 Å². The van der Waals surface area contributed by atoms with Crippen LogP contribution < -0.4 is 5.32 Å². The minimum Gasteiger partial charge on any atom is -0.356 e. The van der Waals surface area contributed by atoms with Crippen molar-refractivity contribution >= 4 is 11.8 Å². The molecule has 4 heteroatoms. The number of nitrogens with one attached hydrogen (secondary N) is 1. The van der Waals surface area contributed by atoms with Crippen LogP contribution in [0.15, 0.2) is 0 Å². The van der Waals surface area contributed by atoms with Crippen LogP contribution in [0.1, 0.15) is 65.2 Å². The fourth-order valence-electron chi connectivity index (χ4n) is 3.60. The molecule has 0 atom stereocenters. The average Bonchev–Trinajstić information content (AvgIpc) is 2.54. The van der Waals surface area contributed by atoms with Crippen molar-refractivity contribution in [2.75, 3.05) is 19.6 Å². The van der Waals surface area contributed by atoms with Gasteiger partial charge in [0.2, 0.25) is 11.8 Å². The summed E-state index contributed by atoms with van der Waals surface area (Å²) in [5.41, 5.74) is 0. The van der Waals surface area contributed by atoms with Crippen LogP contribution in [0.4, 0.5) is 0 Å². The van der Waals surface area contributed by atoms with Gasteiger partial charge < -0.3 is 10.2 Å². The van der Waals surface area contributed by atoms with Crippen LogP contribution >= 0.6 is 0 Å². The molecule has 1 heterocycles. The Balaban J connectivity index is 1.70. The van der Waals surface area contributed by atoms with E-state index in [0.717, 1.165) is 64.6 Å². The third kappa shape index (κ3) is 4.99. The summed E-state index contributed by atoms with van der Waals surface area (Å²) in [7, 11) is 0. The van der Waals surface area contributed by atoms with Gasteiger partial charge in [0.1, 0.15) is 0 Å². The van der Waals surface area contributed by atoms with Crippen LogP contribution in [0.5, 0.6) is 0 Å². The van der Waals surface area contributed by atoms with E-state index in [1.807, 2.05) is 0 Å². The van der Waals surface area contributed by atoms with Crippen molar-refractivity contribution in [3.63, 3.8) is 0 Å². The molecule has 1 N–H and O–H groups in total. The molecule has 0 aromatic rings. The van der Waals surface area contributed by atoms with Crippen molar-refractivity contribution in [3.8, 4) is 0 Å². The highest BCUT2D eigenvalue weighted by Gasteiger charge is 2.32. The quantitative estimate of drug-likeness (QED) is 0.849. The maximum Gasteiger partial charge on any atom is 0.225 e. The summed E-state index contributed by atoms with van der Waals surface area (Å²) in [4.78, 5) is 26.7. The second-order valence-corrected chi connectivity index (χ2v) is 7.41. The average molecular weight is 308 g/mol. The molecule has 2 fully saturated rings. The normalized spacial score (nSPS) is 26.0. The third-order valence-electron chi connectivity index (χ3n) is 5.14. The van der Waals surface area contributed by atoms with Gasteiger partial charge in [0.15, 0.2) is 0 Å². The van der Waals surface area contributed by atoms with Crippen molar-refractivity contribution in [1.29, 1.82) is 0 Å². The lowest BCUT2D eigenvalue weighted by Gasteiger charge is -2.33. The first kappa shape index (κ1) is 17.3. The zero-order valence-corrected chi connectivity index (χ0v) is 14.3. The SMILES string of the molecule is CC(C)CCNC(=O)C1CCC(C(=O)N2CCCCC2)CC1. The summed E-state index contributed by atoms with van der Waals surface area (Å²) in [5, 5.41) is 3.06. The maximum absolute atomic E-state index is 12.5. The van der Waals surface area contributed by atoms with E-state index < -0.39 is 0 Å². The Morgan fingerprint density at radius 2 is 1.59 bits per heavy atom. The van der Waals surface area contributed by atoms with Crippen LogP contribution in [-0.4, -0.2) is 36.3 Å². The van der Waals surface area contributed by atoms with E-state index in [9.17, 15) is 9.59 Å². The Hall–Kier alpha value is -1.06. The number of piperidine rings is 1. The van der Waals surface area contributed by atoms with Crippen molar-refractivity contribution in [2.24, 2.45) is 17.8 Å². The first-order valence-corrected chi connectivity index (χ1v) is 9.14. The lowest BCUT2D eigenvalue weighted by atomic mass is 9.80. The van der Waals surface area contributed by atoms with Gasteiger partial charge in [-0.1, -0.05) is 13.8 Å². The monoisotopic (exact) mass is 308 g/mol. The molecule has 22 heavy (non-hydrogen) atoms. The highest BCUT2D eigenvalue weighted by molar-refractivity contribution is 5.81. The first-order chi connectivity index (χ1) is 10.6. The number of amides is 2. The van der Waals surface area contributed by atoms with Gasteiger partial charge in [-0.25, -0.2) is 0 Å². The summed E-state index contributed by atoms with van der Waals surface area (Å²) in [5.74, 6) is 1.46. The third-order valence-corrected chi connectivity index (χ3v) is 5.14. The standard InChI is InChI=1S/C18H32N2O2/c1-14(2)10-11-19-17(21)15-6-8-16(9-7-15)18(22)20-12-4-3-5-13-20/h14-16H,3-13H2,1-2H3,(H,19,21). The van der Waals surface area contributed by atoms with Crippen LogP contribution in [0.2, 0.25) is 0 Å². The van der Waals surface area contributed by atoms with Crippen molar-refractivity contribution in [3.05, 3.63) is 0 Å². The summed E-state index contributed by atoms with van der Waals surface area (Å²) in [6.45, 7) is 7.00. The van der Waals surface area contributed by atoms with Crippen LogP contribution in [0.3, 0.4) is 0 Å². The molecule has 126 valence electrons. The summed E-state index contributed by atoms with van der Waals surface area (Å²) >= 11 is 0. The fraction of sp³-hybridized carbons (Fsp3) is 0.889. The Kier molecular flexibility index (Phi) is 6.71. The Bertz CT molecular complexity index is 367. The molecule has 0 aromatic carbocycles. The Labute approximate surface area is 135 Å². The molecule has 1 aliphatic carbocycles. The second kappa shape index (κ2) is 8.54. The largest absolute Gasteiger partial charge is 0.356 e. The van der Waals surface area contributed by atoms with E-state index in [0.29, 0.717) is 11.8 Å². The van der Waals surface area contributed by atoms with Gasteiger partial charge in [-0.05, 0) is 57.3 Å². The Morgan fingerprint density at radius 1 is 1.00 bits per heavy atom. The molecule has 1 aliphatic heterocycles. The number of hydrogen-bond donors (Lipinski definition) is 1. The summed E-state index contributed by atoms with van der Waals surface area (Å²) < 4.78 is 0. The molecule has 0 radical (unpaired) electrons. The number of hydrogen-bond acceptors (Lipinski definition) is 2. The first-order valence-electron chi connectivity index (χ1n) is 9.14. The molecular weight excluding hydrogens is 276 g/mol. The molecule has 4 nitrogen and oxygen atoms in total. The summed E-state index contributed by atoms with van der Waals surface area (Å²) in [6, 6.07) is 0. The topological polar surface area (TPSA) is 49.4 Å². The second-order valence-electron chi connectivity index (χ2n) is 7.41. The number of carbonyl (C=O) groups is 2. The van der Waals surface area contributed by atoms with E-state index >= 15 is 0 Å². The minimum atomic E-state index is 0.123. The van der Waals surface area contributed by atoms with Gasteiger partial charge in [0.05, 0.1) is 0 Å². The molecule has 2 rings (SSSR count). The number of likely N-dealkylation sites (tertiary alicyclic amines) is 1. The number of nitrogens with zero attached hydrogens (tertiary/aromatic N) is 1. The van der Waals surface area contributed by atoms with E-state index in [1.54, 1.807) is 0 Å². The highest BCUT2D eigenvalue weighted by Crippen LogP contribution is 2.30. The van der Waals surface area contributed by atoms with Gasteiger partial charge in [0.25, 0.3) is 0 Å². The van der Waals surface area contributed by atoms with Crippen molar-refractivity contribution in [1.82, 2.24) is 10.2 Å². The molecule has 2 aliphatic rings. The smallest absolute Gasteiger partial charge is 0.225 e. The van der Waals surface area contributed by atoms with Gasteiger partial charge in [-0.2, -0.15) is 0 Å². The number of rotatable bonds is 5. The predicted molar refractivity (Wildman–Crippen MR) is 88.3 cm³/mol. The summed E-state index contributed by atoms with van der Waals surface area (Å²) in [6.07, 6.45) is 8.12. The van der Waals surface area contributed by atoms with Crippen LogP contribution in [0, 0.1) is 17.8 Å². The molecule has 1 saturated carbocycles. The molecular formula is C18H32N2O2. The van der Waals surface area contributed by atoms with Gasteiger partial charge in [0, 0.05) is 31.5 Å². The lowest BCUT2D eigenvalue weighted by molar-refractivity contribution is -0.139. The highest BCUT2D eigenvalue weighted by atomic mass is 16.2. The maximum atomic E-state index is 12.5. The Morgan fingerprint density at radius 3 is 2.18 bits per heavy atom. The van der Waals surface area contributed by atoms with Crippen molar-refractivity contribution in [2.45, 2.75) is 65.2 Å². The van der Waals surface area contributed by atoms with Crippen LogP contribution in [0.25, 0.3) is 0 Å². The van der Waals surface area contributed by atoms with E-state index in [4.69, 9.17) is 0 Å². The van der Waals surface area contributed by atoms with Crippen molar-refractivity contribution < 1.29 is 9.59 Å². The molecule has 1 saturated heterocycles. The molecule has 2 amide bonds. The predicted octanol–water partition coefficient (Wildman–Crippen LogP) is 2.97. The molecule has 0 spiro atoms. The van der Waals surface area contributed by atoms with Gasteiger partial charge in [-0.3, -0.25) is 9.59 Å². The van der Waals surface area contributed by atoms with Gasteiger partial charge in [-0.15, -0.1) is 0 Å². The lowest BCUT2D eigenvalue weighted by Crippen LogP contribution is -2.42. The fourth-order valence-corrected chi connectivity index (χ4v) is 3.60. The zero-order chi connectivity index (χ0) is 15.9.